The molecule has 2 saturated heterocycles. The lowest BCUT2D eigenvalue weighted by Gasteiger charge is -2.18. The van der Waals surface area contributed by atoms with E-state index in [0.29, 0.717) is 5.91 Å². The zero-order chi connectivity index (χ0) is 8.39. The average Bonchev–Trinajstić information content (AvgIpc) is 2.77. The van der Waals surface area contributed by atoms with Crippen molar-refractivity contribution >= 4 is 17.7 Å². The minimum absolute atomic E-state index is 0.0584. The predicted octanol–water partition coefficient (Wildman–Crippen LogP) is 0.271. The molecule has 0 aromatic carbocycles. The van der Waals surface area contributed by atoms with Crippen molar-refractivity contribution < 1.29 is 4.79 Å². The molecule has 2 fully saturated rings. The predicted molar refractivity (Wildman–Crippen MR) is 50.1 cm³/mol. The van der Waals surface area contributed by atoms with Gasteiger partial charge in [-0.1, -0.05) is 0 Å². The number of likely N-dealkylation sites (tertiary alicyclic amines) is 1. The zero-order valence-electron chi connectivity index (χ0n) is 7.08. The van der Waals surface area contributed by atoms with Crippen LogP contribution in [0.25, 0.3) is 0 Å². The Labute approximate surface area is 76.9 Å². The Kier molecular flexibility index (Phi) is 2.56. The summed E-state index contributed by atoms with van der Waals surface area (Å²) in [7, 11) is 0. The summed E-state index contributed by atoms with van der Waals surface area (Å²) < 4.78 is 0. The Hall–Kier alpha value is -0.220. The summed E-state index contributed by atoms with van der Waals surface area (Å²) in [5, 5.41) is 3.26. The fourth-order valence-corrected chi connectivity index (χ4v) is 2.69. The van der Waals surface area contributed by atoms with E-state index in [1.54, 1.807) is 11.8 Å². The monoisotopic (exact) mass is 186 g/mol. The van der Waals surface area contributed by atoms with Gasteiger partial charge in [0.15, 0.2) is 0 Å². The minimum Gasteiger partial charge on any atom is -0.341 e. The van der Waals surface area contributed by atoms with Gasteiger partial charge >= 0.3 is 0 Å². The number of thioether (sulfide) groups is 1. The highest BCUT2D eigenvalue weighted by Gasteiger charge is 2.28. The summed E-state index contributed by atoms with van der Waals surface area (Å²) in [5.41, 5.74) is 0. The normalized spacial score (nSPS) is 29.7. The van der Waals surface area contributed by atoms with Crippen LogP contribution < -0.4 is 5.32 Å². The largest absolute Gasteiger partial charge is 0.341 e. The number of carbonyl (C=O) groups is 1. The van der Waals surface area contributed by atoms with E-state index < -0.39 is 0 Å². The van der Waals surface area contributed by atoms with Gasteiger partial charge in [0.25, 0.3) is 0 Å². The number of amides is 1. The number of carbonyl (C=O) groups excluding carboxylic acids is 1. The van der Waals surface area contributed by atoms with Crippen LogP contribution >= 0.6 is 11.8 Å². The molecule has 0 aliphatic carbocycles. The highest BCUT2D eigenvalue weighted by Crippen LogP contribution is 2.18. The molecule has 2 aliphatic heterocycles. The van der Waals surface area contributed by atoms with E-state index in [0.717, 1.165) is 25.4 Å². The molecule has 0 spiro atoms. The summed E-state index contributed by atoms with van der Waals surface area (Å²) in [6.45, 7) is 2.92. The molecule has 3 nitrogen and oxygen atoms in total. The van der Waals surface area contributed by atoms with Crippen LogP contribution in [-0.2, 0) is 4.79 Å². The first-order chi connectivity index (χ1) is 5.88. The first kappa shape index (κ1) is 8.38. The van der Waals surface area contributed by atoms with Crippen molar-refractivity contribution in [3.05, 3.63) is 0 Å². The third-order valence-electron chi connectivity index (χ3n) is 2.36. The van der Waals surface area contributed by atoms with Gasteiger partial charge in [0.1, 0.15) is 5.37 Å². The fraction of sp³-hybridized carbons (Fsp3) is 0.875. The third kappa shape index (κ3) is 1.59. The first-order valence-corrected chi connectivity index (χ1v) is 5.56. The highest BCUT2D eigenvalue weighted by molar-refractivity contribution is 8.00. The number of nitrogens with zero attached hydrogens (tertiary/aromatic N) is 1. The van der Waals surface area contributed by atoms with Crippen LogP contribution in [-0.4, -0.2) is 41.6 Å². The van der Waals surface area contributed by atoms with Gasteiger partial charge in [-0.05, 0) is 12.8 Å². The molecule has 0 unspecified atom stereocenters. The lowest BCUT2D eigenvalue weighted by molar-refractivity contribution is -0.129. The summed E-state index contributed by atoms with van der Waals surface area (Å²) in [6.07, 6.45) is 2.37. The van der Waals surface area contributed by atoms with E-state index in [-0.39, 0.29) is 5.37 Å². The topological polar surface area (TPSA) is 32.3 Å². The van der Waals surface area contributed by atoms with E-state index in [2.05, 4.69) is 5.32 Å². The van der Waals surface area contributed by atoms with Gasteiger partial charge in [-0.15, -0.1) is 11.8 Å². The van der Waals surface area contributed by atoms with Crippen molar-refractivity contribution in [3.63, 3.8) is 0 Å². The molecule has 1 atom stereocenters. The maximum absolute atomic E-state index is 11.7. The second-order valence-corrected chi connectivity index (χ2v) is 4.45. The Morgan fingerprint density at radius 1 is 1.42 bits per heavy atom. The molecule has 4 heteroatoms. The van der Waals surface area contributed by atoms with Crippen molar-refractivity contribution in [2.24, 2.45) is 0 Å². The van der Waals surface area contributed by atoms with Crippen LogP contribution in [0.3, 0.4) is 0 Å². The van der Waals surface area contributed by atoms with Crippen LogP contribution in [0.15, 0.2) is 0 Å². The van der Waals surface area contributed by atoms with E-state index in [4.69, 9.17) is 0 Å². The molecule has 68 valence electrons. The molecule has 0 bridgehead atoms. The molecule has 2 heterocycles. The maximum atomic E-state index is 11.7. The van der Waals surface area contributed by atoms with Crippen molar-refractivity contribution in [1.82, 2.24) is 10.2 Å². The third-order valence-corrected chi connectivity index (χ3v) is 3.50. The molecule has 2 aliphatic rings. The van der Waals surface area contributed by atoms with Crippen LogP contribution in [0.5, 0.6) is 0 Å². The van der Waals surface area contributed by atoms with Gasteiger partial charge in [0.2, 0.25) is 5.91 Å². The molecule has 0 saturated carbocycles. The summed E-state index contributed by atoms with van der Waals surface area (Å²) in [5.74, 6) is 1.37. The zero-order valence-corrected chi connectivity index (χ0v) is 7.90. The van der Waals surface area contributed by atoms with Crippen molar-refractivity contribution in [2.45, 2.75) is 18.2 Å². The fourth-order valence-electron chi connectivity index (χ4n) is 1.69. The molecule has 2 rings (SSSR count). The highest BCUT2D eigenvalue weighted by atomic mass is 32.2. The van der Waals surface area contributed by atoms with Crippen molar-refractivity contribution in [2.75, 3.05) is 25.4 Å². The number of rotatable bonds is 1. The van der Waals surface area contributed by atoms with Crippen LogP contribution in [0.2, 0.25) is 0 Å². The SMILES string of the molecule is O=C([C@H]1NCCS1)N1CCCC1. The lowest BCUT2D eigenvalue weighted by Crippen LogP contribution is -2.40. The van der Waals surface area contributed by atoms with Crippen molar-refractivity contribution in [1.29, 1.82) is 0 Å². The van der Waals surface area contributed by atoms with Gasteiger partial charge in [-0.25, -0.2) is 0 Å². The molecular weight excluding hydrogens is 172 g/mol. The maximum Gasteiger partial charge on any atom is 0.250 e. The van der Waals surface area contributed by atoms with Crippen LogP contribution in [0.4, 0.5) is 0 Å². The summed E-state index contributed by atoms with van der Waals surface area (Å²) in [4.78, 5) is 13.7. The van der Waals surface area contributed by atoms with E-state index >= 15 is 0 Å². The van der Waals surface area contributed by atoms with Gasteiger partial charge in [-0.3, -0.25) is 10.1 Å². The molecular formula is C8H14N2OS. The lowest BCUT2D eigenvalue weighted by atomic mass is 10.4. The summed E-state index contributed by atoms with van der Waals surface area (Å²) >= 11 is 1.74. The second-order valence-electron chi connectivity index (χ2n) is 3.24. The molecule has 0 radical (unpaired) electrons. The molecule has 1 amide bonds. The Bertz CT molecular complexity index is 156. The Morgan fingerprint density at radius 2 is 2.17 bits per heavy atom. The summed E-state index contributed by atoms with van der Waals surface area (Å²) in [6, 6.07) is 0. The molecule has 0 aromatic rings. The average molecular weight is 186 g/mol. The molecule has 1 N–H and O–H groups in total. The number of hydrogen-bond acceptors (Lipinski definition) is 3. The standard InChI is InChI=1S/C8H14N2OS/c11-8(7-9-3-6-12-7)10-4-1-2-5-10/h7,9H,1-6H2/t7-/m0/s1. The van der Waals surface area contributed by atoms with E-state index in [1.807, 2.05) is 4.90 Å². The van der Waals surface area contributed by atoms with Gasteiger partial charge < -0.3 is 4.90 Å². The van der Waals surface area contributed by atoms with E-state index in [9.17, 15) is 4.79 Å². The van der Waals surface area contributed by atoms with E-state index in [1.165, 1.54) is 12.8 Å². The number of nitrogens with one attached hydrogen (secondary N) is 1. The van der Waals surface area contributed by atoms with Gasteiger partial charge in [0.05, 0.1) is 0 Å². The Morgan fingerprint density at radius 3 is 2.75 bits per heavy atom. The molecule has 0 aromatic heterocycles. The van der Waals surface area contributed by atoms with Crippen LogP contribution in [0, 0.1) is 0 Å². The smallest absolute Gasteiger partial charge is 0.250 e. The second kappa shape index (κ2) is 3.66. The first-order valence-electron chi connectivity index (χ1n) is 4.52. The minimum atomic E-state index is 0.0584. The molecule has 12 heavy (non-hydrogen) atoms. The van der Waals surface area contributed by atoms with Crippen molar-refractivity contribution in [3.8, 4) is 0 Å². The van der Waals surface area contributed by atoms with Gasteiger partial charge in [0, 0.05) is 25.4 Å². The Balaban J connectivity index is 1.89. The number of hydrogen-bond donors (Lipinski definition) is 1. The quantitative estimate of drug-likeness (QED) is 0.638. The van der Waals surface area contributed by atoms with Gasteiger partial charge in [-0.2, -0.15) is 0 Å². The van der Waals surface area contributed by atoms with Crippen LogP contribution in [0.1, 0.15) is 12.8 Å².